The number of aromatic nitrogens is 5. The fourth-order valence-corrected chi connectivity index (χ4v) is 4.59. The molecule has 1 amide bonds. The van der Waals surface area contributed by atoms with Crippen LogP contribution in [-0.2, 0) is 0 Å². The number of carbonyl (C=O) groups excluding carboxylic acids is 1. The number of primary amides is 1. The zero-order valence-corrected chi connectivity index (χ0v) is 16.3. The molecule has 0 saturated heterocycles. The number of rotatable bonds is 4. The van der Waals surface area contributed by atoms with Crippen molar-refractivity contribution < 1.29 is 4.79 Å². The van der Waals surface area contributed by atoms with E-state index >= 15 is 0 Å². The molecule has 0 spiro atoms. The molecule has 5 rings (SSSR count). The van der Waals surface area contributed by atoms with Crippen LogP contribution in [0.3, 0.4) is 0 Å². The van der Waals surface area contributed by atoms with Crippen LogP contribution in [0.5, 0.6) is 0 Å². The van der Waals surface area contributed by atoms with Gasteiger partial charge in [-0.1, -0.05) is 31.9 Å². The minimum Gasteiger partial charge on any atom is -0.366 e. The summed E-state index contributed by atoms with van der Waals surface area (Å²) in [6.45, 7) is 2.18. The molecule has 1 atom stereocenters. The molecule has 29 heavy (non-hydrogen) atoms. The minimum absolute atomic E-state index is 0.132. The van der Waals surface area contributed by atoms with E-state index in [9.17, 15) is 4.79 Å². The first-order valence-electron chi connectivity index (χ1n) is 10.1. The lowest BCUT2D eigenvalue weighted by atomic mass is 10.0. The monoisotopic (exact) mass is 389 g/mol. The predicted octanol–water partition coefficient (Wildman–Crippen LogP) is 3.04. The lowest BCUT2D eigenvalue weighted by molar-refractivity contribution is 0.100. The number of nitrogens with two attached hydrogens (primary N) is 1. The van der Waals surface area contributed by atoms with Gasteiger partial charge >= 0.3 is 0 Å². The Balaban J connectivity index is 1.67. The van der Waals surface area contributed by atoms with Gasteiger partial charge in [0.1, 0.15) is 12.0 Å². The summed E-state index contributed by atoms with van der Waals surface area (Å²) in [5.41, 5.74) is 7.57. The van der Waals surface area contributed by atoms with Crippen molar-refractivity contribution in [3.05, 3.63) is 48.2 Å². The molecule has 148 valence electrons. The Kier molecular flexibility index (Phi) is 4.26. The molecule has 8 nitrogen and oxygen atoms in total. The van der Waals surface area contributed by atoms with Gasteiger partial charge in [0, 0.05) is 17.2 Å². The average Bonchev–Trinajstić information content (AvgIpc) is 3.44. The standard InChI is InChI=1S/C21H23N7O/c1-2-16-21-26-24-12-27(21)17-11-23-19(14-7-5-6-13(10-14)18(22)29)25-20(17)28(16)15-8-3-4-9-15/h5-7,10-12,15-16H,2-4,8-9H2,1H3,(H2,22,29)/t16-/m1/s1. The minimum atomic E-state index is -0.461. The maximum atomic E-state index is 11.6. The second-order valence-electron chi connectivity index (χ2n) is 7.68. The zero-order chi connectivity index (χ0) is 20.0. The number of anilines is 1. The topological polar surface area (TPSA) is 103 Å². The molecule has 1 aromatic carbocycles. The summed E-state index contributed by atoms with van der Waals surface area (Å²) in [6, 6.07) is 7.72. The molecular formula is C21H23N7O. The van der Waals surface area contributed by atoms with Crippen LogP contribution < -0.4 is 10.6 Å². The summed E-state index contributed by atoms with van der Waals surface area (Å²) < 4.78 is 2.00. The third kappa shape index (κ3) is 2.86. The molecule has 1 saturated carbocycles. The van der Waals surface area contributed by atoms with Crippen LogP contribution in [0.4, 0.5) is 5.82 Å². The van der Waals surface area contributed by atoms with Crippen LogP contribution in [0.1, 0.15) is 61.3 Å². The van der Waals surface area contributed by atoms with E-state index in [0.29, 0.717) is 17.4 Å². The predicted molar refractivity (Wildman–Crippen MR) is 109 cm³/mol. The van der Waals surface area contributed by atoms with Crippen molar-refractivity contribution in [3.8, 4) is 17.1 Å². The molecule has 0 radical (unpaired) electrons. The lowest BCUT2D eigenvalue weighted by Gasteiger charge is -2.40. The highest BCUT2D eigenvalue weighted by atomic mass is 16.1. The van der Waals surface area contributed by atoms with Gasteiger partial charge in [-0.2, -0.15) is 0 Å². The molecule has 2 aromatic heterocycles. The van der Waals surface area contributed by atoms with Crippen molar-refractivity contribution in [2.75, 3.05) is 4.90 Å². The molecule has 0 unspecified atom stereocenters. The van der Waals surface area contributed by atoms with Gasteiger partial charge in [-0.25, -0.2) is 9.97 Å². The molecule has 1 aliphatic carbocycles. The highest BCUT2D eigenvalue weighted by molar-refractivity contribution is 5.93. The van der Waals surface area contributed by atoms with Gasteiger partial charge in [0.05, 0.1) is 12.2 Å². The van der Waals surface area contributed by atoms with Gasteiger partial charge in [0.25, 0.3) is 0 Å². The van der Waals surface area contributed by atoms with Crippen molar-refractivity contribution in [2.45, 2.75) is 51.1 Å². The van der Waals surface area contributed by atoms with E-state index in [0.717, 1.165) is 42.2 Å². The molecule has 2 aliphatic rings. The molecule has 0 bridgehead atoms. The second kappa shape index (κ2) is 6.95. The van der Waals surface area contributed by atoms with Gasteiger partial charge < -0.3 is 10.6 Å². The van der Waals surface area contributed by atoms with Gasteiger partial charge in [-0.3, -0.25) is 9.36 Å². The first-order valence-corrected chi connectivity index (χ1v) is 10.1. The largest absolute Gasteiger partial charge is 0.366 e. The normalized spacial score (nSPS) is 18.5. The van der Waals surface area contributed by atoms with Gasteiger partial charge in [-0.15, -0.1) is 10.2 Å². The van der Waals surface area contributed by atoms with Crippen LogP contribution in [0.15, 0.2) is 36.8 Å². The van der Waals surface area contributed by atoms with Crippen LogP contribution in [0, 0.1) is 0 Å². The van der Waals surface area contributed by atoms with Gasteiger partial charge in [0.2, 0.25) is 5.91 Å². The van der Waals surface area contributed by atoms with Crippen molar-refractivity contribution in [1.29, 1.82) is 0 Å². The van der Waals surface area contributed by atoms with E-state index in [2.05, 4.69) is 27.0 Å². The van der Waals surface area contributed by atoms with E-state index in [1.165, 1.54) is 12.8 Å². The molecule has 3 aromatic rings. The number of benzene rings is 1. The number of carbonyl (C=O) groups is 1. The highest BCUT2D eigenvalue weighted by Crippen LogP contribution is 2.42. The number of hydrogen-bond acceptors (Lipinski definition) is 6. The quantitative estimate of drug-likeness (QED) is 0.736. The van der Waals surface area contributed by atoms with Gasteiger partial charge in [-0.05, 0) is 31.4 Å². The molecule has 1 aliphatic heterocycles. The van der Waals surface area contributed by atoms with Crippen LogP contribution in [0.25, 0.3) is 17.1 Å². The summed E-state index contributed by atoms with van der Waals surface area (Å²) in [5.74, 6) is 1.98. The SMILES string of the molecule is CC[C@@H]1c2nncn2-c2cnc(-c3cccc(C(N)=O)c3)nc2N1C1CCCC1. The highest BCUT2D eigenvalue weighted by Gasteiger charge is 2.38. The second-order valence-corrected chi connectivity index (χ2v) is 7.68. The third-order valence-corrected chi connectivity index (χ3v) is 5.97. The van der Waals surface area contributed by atoms with Crippen molar-refractivity contribution in [1.82, 2.24) is 24.7 Å². The summed E-state index contributed by atoms with van der Waals surface area (Å²) in [7, 11) is 0. The summed E-state index contributed by atoms with van der Waals surface area (Å²) >= 11 is 0. The molecule has 8 heteroatoms. The van der Waals surface area contributed by atoms with E-state index in [1.807, 2.05) is 16.8 Å². The Morgan fingerprint density at radius 3 is 2.86 bits per heavy atom. The van der Waals surface area contributed by atoms with Gasteiger partial charge in [0.15, 0.2) is 17.5 Å². The Hall–Kier alpha value is -3.29. The van der Waals surface area contributed by atoms with Crippen molar-refractivity contribution >= 4 is 11.7 Å². The van der Waals surface area contributed by atoms with E-state index in [4.69, 9.17) is 10.7 Å². The third-order valence-electron chi connectivity index (χ3n) is 5.97. The summed E-state index contributed by atoms with van der Waals surface area (Å²) in [6.07, 6.45) is 9.26. The van der Waals surface area contributed by atoms with Crippen LogP contribution in [-0.4, -0.2) is 36.7 Å². The van der Waals surface area contributed by atoms with E-state index < -0.39 is 5.91 Å². The summed E-state index contributed by atoms with van der Waals surface area (Å²) in [5, 5.41) is 8.56. The molecular weight excluding hydrogens is 366 g/mol. The zero-order valence-electron chi connectivity index (χ0n) is 16.3. The fourth-order valence-electron chi connectivity index (χ4n) is 4.59. The maximum absolute atomic E-state index is 11.6. The number of amides is 1. The van der Waals surface area contributed by atoms with Crippen molar-refractivity contribution in [3.63, 3.8) is 0 Å². The molecule has 3 heterocycles. The summed E-state index contributed by atoms with van der Waals surface area (Å²) in [4.78, 5) is 23.6. The maximum Gasteiger partial charge on any atom is 0.248 e. The Morgan fingerprint density at radius 2 is 2.10 bits per heavy atom. The molecule has 1 fully saturated rings. The van der Waals surface area contributed by atoms with Crippen LogP contribution in [0.2, 0.25) is 0 Å². The molecule has 2 N–H and O–H groups in total. The van der Waals surface area contributed by atoms with Crippen LogP contribution >= 0.6 is 0 Å². The average molecular weight is 389 g/mol. The number of hydrogen-bond donors (Lipinski definition) is 1. The van der Waals surface area contributed by atoms with Crippen molar-refractivity contribution in [2.24, 2.45) is 5.73 Å². The number of nitrogens with zero attached hydrogens (tertiary/aromatic N) is 6. The first-order chi connectivity index (χ1) is 14.2. The Morgan fingerprint density at radius 1 is 1.28 bits per heavy atom. The lowest BCUT2D eigenvalue weighted by Crippen LogP contribution is -2.42. The Bertz CT molecular complexity index is 1070. The fraction of sp³-hybridized carbons (Fsp3) is 0.381. The smallest absolute Gasteiger partial charge is 0.248 e. The number of fused-ring (bicyclic) bond motifs is 3. The van der Waals surface area contributed by atoms with E-state index in [1.54, 1.807) is 24.5 Å². The first kappa shape index (κ1) is 17.8. The Labute approximate surface area is 168 Å². The van der Waals surface area contributed by atoms with E-state index in [-0.39, 0.29) is 6.04 Å².